The van der Waals surface area contributed by atoms with Gasteiger partial charge in [0.2, 0.25) is 0 Å². The Kier molecular flexibility index (Phi) is 5.31. The SMILES string of the molecule is CCOCC[C@@H](C)Cc1ccccc1. The fourth-order valence-electron chi connectivity index (χ4n) is 1.55. The molecule has 0 aliphatic carbocycles. The minimum absolute atomic E-state index is 0.712. The first kappa shape index (κ1) is 11.3. The van der Waals surface area contributed by atoms with Crippen molar-refractivity contribution in [2.45, 2.75) is 26.7 Å². The second-order valence-corrected chi connectivity index (χ2v) is 3.78. The number of ether oxygens (including phenoxy) is 1. The van der Waals surface area contributed by atoms with Crippen LogP contribution in [0.25, 0.3) is 0 Å². The van der Waals surface area contributed by atoms with Gasteiger partial charge < -0.3 is 4.74 Å². The van der Waals surface area contributed by atoms with E-state index < -0.39 is 0 Å². The van der Waals surface area contributed by atoms with E-state index in [1.165, 1.54) is 5.56 Å². The molecule has 1 atom stereocenters. The third kappa shape index (κ3) is 4.43. The lowest BCUT2D eigenvalue weighted by molar-refractivity contribution is 0.134. The lowest BCUT2D eigenvalue weighted by Gasteiger charge is -2.10. The highest BCUT2D eigenvalue weighted by Crippen LogP contribution is 2.11. The molecule has 0 fully saturated rings. The zero-order chi connectivity index (χ0) is 10.2. The van der Waals surface area contributed by atoms with Crippen molar-refractivity contribution in [1.82, 2.24) is 0 Å². The minimum Gasteiger partial charge on any atom is -0.382 e. The maximum absolute atomic E-state index is 5.34. The molecule has 78 valence electrons. The van der Waals surface area contributed by atoms with Gasteiger partial charge in [-0.25, -0.2) is 0 Å². The molecule has 0 radical (unpaired) electrons. The maximum atomic E-state index is 5.34. The Morgan fingerprint density at radius 2 is 1.93 bits per heavy atom. The molecule has 0 amide bonds. The highest BCUT2D eigenvalue weighted by atomic mass is 16.5. The van der Waals surface area contributed by atoms with E-state index in [4.69, 9.17) is 4.74 Å². The van der Waals surface area contributed by atoms with E-state index in [1.807, 2.05) is 6.92 Å². The molecule has 0 saturated heterocycles. The van der Waals surface area contributed by atoms with Crippen molar-refractivity contribution in [1.29, 1.82) is 0 Å². The van der Waals surface area contributed by atoms with Gasteiger partial charge in [-0.3, -0.25) is 0 Å². The Morgan fingerprint density at radius 3 is 2.57 bits per heavy atom. The lowest BCUT2D eigenvalue weighted by atomic mass is 9.99. The quantitative estimate of drug-likeness (QED) is 0.628. The van der Waals surface area contributed by atoms with Crippen molar-refractivity contribution >= 4 is 0 Å². The Balaban J connectivity index is 2.23. The van der Waals surface area contributed by atoms with E-state index in [-0.39, 0.29) is 0 Å². The fraction of sp³-hybridized carbons (Fsp3) is 0.538. The van der Waals surface area contributed by atoms with Crippen LogP contribution in [0, 0.1) is 5.92 Å². The van der Waals surface area contributed by atoms with Crippen LogP contribution in [0.5, 0.6) is 0 Å². The smallest absolute Gasteiger partial charge is 0.0468 e. The highest BCUT2D eigenvalue weighted by molar-refractivity contribution is 5.14. The normalized spacial score (nSPS) is 12.7. The molecule has 0 aliphatic heterocycles. The molecule has 1 nitrogen and oxygen atoms in total. The van der Waals surface area contributed by atoms with E-state index >= 15 is 0 Å². The van der Waals surface area contributed by atoms with Gasteiger partial charge in [-0.2, -0.15) is 0 Å². The van der Waals surface area contributed by atoms with E-state index in [1.54, 1.807) is 0 Å². The van der Waals surface area contributed by atoms with Crippen molar-refractivity contribution < 1.29 is 4.74 Å². The molecule has 1 heteroatoms. The van der Waals surface area contributed by atoms with Gasteiger partial charge in [-0.05, 0) is 31.2 Å². The van der Waals surface area contributed by atoms with E-state index in [9.17, 15) is 0 Å². The number of rotatable bonds is 6. The summed E-state index contributed by atoms with van der Waals surface area (Å²) >= 11 is 0. The molecule has 0 heterocycles. The van der Waals surface area contributed by atoms with Gasteiger partial charge in [0.15, 0.2) is 0 Å². The predicted molar refractivity (Wildman–Crippen MR) is 60.4 cm³/mol. The summed E-state index contributed by atoms with van der Waals surface area (Å²) in [5, 5.41) is 0. The maximum Gasteiger partial charge on any atom is 0.0468 e. The van der Waals surface area contributed by atoms with Crippen molar-refractivity contribution in [2.24, 2.45) is 5.92 Å². The van der Waals surface area contributed by atoms with E-state index in [2.05, 4.69) is 37.3 Å². The summed E-state index contributed by atoms with van der Waals surface area (Å²) in [6.45, 7) is 6.05. The van der Waals surface area contributed by atoms with Crippen LogP contribution in [0.15, 0.2) is 30.3 Å². The van der Waals surface area contributed by atoms with Crippen LogP contribution in [0.3, 0.4) is 0 Å². The van der Waals surface area contributed by atoms with Gasteiger partial charge in [0, 0.05) is 13.2 Å². The van der Waals surface area contributed by atoms with Gasteiger partial charge in [-0.1, -0.05) is 37.3 Å². The molecule has 14 heavy (non-hydrogen) atoms. The van der Waals surface area contributed by atoms with Crippen molar-refractivity contribution in [2.75, 3.05) is 13.2 Å². The summed E-state index contributed by atoms with van der Waals surface area (Å²) in [7, 11) is 0. The summed E-state index contributed by atoms with van der Waals surface area (Å²) in [6.07, 6.45) is 2.32. The average molecular weight is 192 g/mol. The molecular formula is C13H20O. The second-order valence-electron chi connectivity index (χ2n) is 3.78. The summed E-state index contributed by atoms with van der Waals surface area (Å²) in [4.78, 5) is 0. The first-order valence-electron chi connectivity index (χ1n) is 5.44. The second kappa shape index (κ2) is 6.61. The predicted octanol–water partition coefficient (Wildman–Crippen LogP) is 3.29. The topological polar surface area (TPSA) is 9.23 Å². The summed E-state index contributed by atoms with van der Waals surface area (Å²) < 4.78 is 5.34. The molecule has 0 unspecified atom stereocenters. The van der Waals surface area contributed by atoms with E-state index in [0.717, 1.165) is 26.1 Å². The third-order valence-electron chi connectivity index (χ3n) is 2.39. The van der Waals surface area contributed by atoms with Crippen LogP contribution in [-0.4, -0.2) is 13.2 Å². The fourth-order valence-corrected chi connectivity index (χ4v) is 1.55. The standard InChI is InChI=1S/C13H20O/c1-3-14-10-9-12(2)11-13-7-5-4-6-8-13/h4-8,12H,3,9-11H2,1-2H3/t12-/m1/s1. The van der Waals surface area contributed by atoms with Crippen molar-refractivity contribution in [3.8, 4) is 0 Å². The van der Waals surface area contributed by atoms with Gasteiger partial charge in [-0.15, -0.1) is 0 Å². The summed E-state index contributed by atoms with van der Waals surface area (Å²) in [6, 6.07) is 10.7. The molecule has 0 bridgehead atoms. The molecule has 0 saturated carbocycles. The zero-order valence-corrected chi connectivity index (χ0v) is 9.20. The average Bonchev–Trinajstić information content (AvgIpc) is 2.20. The monoisotopic (exact) mass is 192 g/mol. The summed E-state index contributed by atoms with van der Waals surface area (Å²) in [5.41, 5.74) is 1.43. The van der Waals surface area contributed by atoms with Crippen molar-refractivity contribution in [3.63, 3.8) is 0 Å². The minimum atomic E-state index is 0.712. The molecule has 0 aliphatic rings. The van der Waals surface area contributed by atoms with Gasteiger partial charge >= 0.3 is 0 Å². The highest BCUT2D eigenvalue weighted by Gasteiger charge is 2.02. The van der Waals surface area contributed by atoms with Gasteiger partial charge in [0.1, 0.15) is 0 Å². The molecular weight excluding hydrogens is 172 g/mol. The van der Waals surface area contributed by atoms with Crippen LogP contribution in [0.1, 0.15) is 25.8 Å². The van der Waals surface area contributed by atoms with Crippen LogP contribution < -0.4 is 0 Å². The van der Waals surface area contributed by atoms with Gasteiger partial charge in [0.05, 0.1) is 0 Å². The zero-order valence-electron chi connectivity index (χ0n) is 9.20. The van der Waals surface area contributed by atoms with E-state index in [0.29, 0.717) is 5.92 Å². The Hall–Kier alpha value is -0.820. The number of benzene rings is 1. The molecule has 0 N–H and O–H groups in total. The summed E-state index contributed by atoms with van der Waals surface area (Å²) in [5.74, 6) is 0.712. The van der Waals surface area contributed by atoms with Crippen LogP contribution in [0.2, 0.25) is 0 Å². The van der Waals surface area contributed by atoms with Crippen molar-refractivity contribution in [3.05, 3.63) is 35.9 Å². The lowest BCUT2D eigenvalue weighted by Crippen LogP contribution is -2.04. The first-order valence-corrected chi connectivity index (χ1v) is 5.44. The molecule has 0 spiro atoms. The number of hydrogen-bond acceptors (Lipinski definition) is 1. The Labute approximate surface area is 87.1 Å². The molecule has 1 aromatic carbocycles. The largest absolute Gasteiger partial charge is 0.382 e. The first-order chi connectivity index (χ1) is 6.83. The molecule has 1 aromatic rings. The van der Waals surface area contributed by atoms with Crippen LogP contribution in [0.4, 0.5) is 0 Å². The van der Waals surface area contributed by atoms with Crippen LogP contribution >= 0.6 is 0 Å². The Bertz CT molecular complexity index is 230. The Morgan fingerprint density at radius 1 is 1.21 bits per heavy atom. The molecule has 1 rings (SSSR count). The van der Waals surface area contributed by atoms with Gasteiger partial charge in [0.25, 0.3) is 0 Å². The van der Waals surface area contributed by atoms with Crippen LogP contribution in [-0.2, 0) is 11.2 Å². The molecule has 0 aromatic heterocycles. The number of hydrogen-bond donors (Lipinski definition) is 0. The third-order valence-corrected chi connectivity index (χ3v) is 2.39.